The first-order valence-corrected chi connectivity index (χ1v) is 9.81. The number of hydrogen-bond donors (Lipinski definition) is 1. The van der Waals surface area contributed by atoms with Crippen molar-refractivity contribution in [3.63, 3.8) is 0 Å². The molecule has 2 fully saturated rings. The van der Waals surface area contributed by atoms with E-state index in [-0.39, 0.29) is 5.41 Å². The van der Waals surface area contributed by atoms with E-state index >= 15 is 0 Å². The van der Waals surface area contributed by atoms with Gasteiger partial charge in [0, 0.05) is 40.9 Å². The van der Waals surface area contributed by atoms with E-state index in [2.05, 4.69) is 48.3 Å². The number of hydrogen-bond acceptors (Lipinski definition) is 4. The van der Waals surface area contributed by atoms with Gasteiger partial charge in [-0.3, -0.25) is 4.90 Å². The van der Waals surface area contributed by atoms with Gasteiger partial charge in [-0.15, -0.1) is 0 Å². The molecule has 3 heterocycles. The van der Waals surface area contributed by atoms with E-state index in [4.69, 9.17) is 4.52 Å². The zero-order chi connectivity index (χ0) is 17.2. The molecule has 4 heteroatoms. The molecular weight excluding hydrogens is 310 g/mol. The molecule has 1 aliphatic carbocycles. The maximum absolute atomic E-state index is 5.85. The van der Waals surface area contributed by atoms with Crippen molar-refractivity contribution >= 4 is 11.0 Å². The van der Waals surface area contributed by atoms with Crippen LogP contribution in [0.2, 0.25) is 0 Å². The van der Waals surface area contributed by atoms with Crippen molar-refractivity contribution in [1.82, 2.24) is 15.4 Å². The van der Waals surface area contributed by atoms with E-state index in [9.17, 15) is 0 Å². The van der Waals surface area contributed by atoms with Crippen molar-refractivity contribution in [1.29, 1.82) is 0 Å². The van der Waals surface area contributed by atoms with Gasteiger partial charge in [0.1, 0.15) is 0 Å². The number of nitrogens with zero attached hydrogens (tertiary/aromatic N) is 2. The van der Waals surface area contributed by atoms with Crippen LogP contribution in [-0.4, -0.2) is 42.3 Å². The lowest BCUT2D eigenvalue weighted by Crippen LogP contribution is -2.61. The zero-order valence-electron chi connectivity index (χ0n) is 15.7. The molecule has 2 aliphatic heterocycles. The summed E-state index contributed by atoms with van der Waals surface area (Å²) in [5.74, 6) is 0. The van der Waals surface area contributed by atoms with E-state index in [1.807, 2.05) is 0 Å². The Balaban J connectivity index is 1.40. The summed E-state index contributed by atoms with van der Waals surface area (Å²) in [5, 5.41) is 9.13. The van der Waals surface area contributed by atoms with Gasteiger partial charge in [0.25, 0.3) is 0 Å². The summed E-state index contributed by atoms with van der Waals surface area (Å²) in [5.41, 5.74) is 5.56. The minimum absolute atomic E-state index is 0.0259. The van der Waals surface area contributed by atoms with Crippen LogP contribution in [0, 0.1) is 5.41 Å². The molecule has 0 atom stereocenters. The van der Waals surface area contributed by atoms with E-state index < -0.39 is 0 Å². The summed E-state index contributed by atoms with van der Waals surface area (Å²) < 4.78 is 5.85. The fourth-order valence-corrected chi connectivity index (χ4v) is 5.31. The second-order valence-corrected chi connectivity index (χ2v) is 9.60. The highest BCUT2D eigenvalue weighted by Crippen LogP contribution is 2.48. The molecule has 0 bridgehead atoms. The van der Waals surface area contributed by atoms with Crippen molar-refractivity contribution in [2.45, 2.75) is 57.9 Å². The van der Waals surface area contributed by atoms with Gasteiger partial charge in [-0.05, 0) is 50.4 Å². The molecular formula is C21H29N3O. The van der Waals surface area contributed by atoms with E-state index in [0.29, 0.717) is 5.41 Å². The Kier molecular flexibility index (Phi) is 3.36. The lowest BCUT2D eigenvalue weighted by atomic mass is 9.75. The average molecular weight is 339 g/mol. The lowest BCUT2D eigenvalue weighted by molar-refractivity contribution is -0.0327. The Morgan fingerprint density at radius 1 is 1.16 bits per heavy atom. The summed E-state index contributed by atoms with van der Waals surface area (Å²) >= 11 is 0. The minimum Gasteiger partial charge on any atom is -0.356 e. The van der Waals surface area contributed by atoms with Gasteiger partial charge < -0.3 is 9.84 Å². The first-order chi connectivity index (χ1) is 12.0. The smallest absolute Gasteiger partial charge is 0.170 e. The van der Waals surface area contributed by atoms with Crippen LogP contribution in [-0.2, 0) is 18.3 Å². The van der Waals surface area contributed by atoms with Crippen LogP contribution in [0.25, 0.3) is 11.0 Å². The first kappa shape index (κ1) is 15.8. The molecule has 2 aromatic rings. The lowest BCUT2D eigenvalue weighted by Gasteiger charge is -2.52. The third-order valence-corrected chi connectivity index (χ3v) is 6.57. The molecule has 3 aliphatic rings. The Labute approximate surface area is 149 Å². The molecule has 5 rings (SSSR count). The highest BCUT2D eigenvalue weighted by atomic mass is 16.5. The standard InChI is InChI=1S/C21H29N3O/c1-20(2,3)19-16-5-4-14-10-21(11-17(14)18(16)25-23-19)12-24(13-21)15-6-8-22-9-7-15/h4-5,15,22H,6-13H2,1-3H3. The van der Waals surface area contributed by atoms with Crippen LogP contribution in [0.15, 0.2) is 16.7 Å². The van der Waals surface area contributed by atoms with Crippen molar-refractivity contribution in [3.05, 3.63) is 29.0 Å². The van der Waals surface area contributed by atoms with E-state index in [0.717, 1.165) is 17.3 Å². The van der Waals surface area contributed by atoms with E-state index in [1.54, 1.807) is 0 Å². The fraction of sp³-hybridized carbons (Fsp3) is 0.667. The van der Waals surface area contributed by atoms with Crippen LogP contribution < -0.4 is 5.32 Å². The SMILES string of the molecule is CC(C)(C)c1noc2c3c(ccc12)CC1(C3)CN(C2CCNCC2)C1. The third-order valence-electron chi connectivity index (χ3n) is 6.57. The van der Waals surface area contributed by atoms with Gasteiger partial charge in [0.15, 0.2) is 5.58 Å². The largest absolute Gasteiger partial charge is 0.356 e. The van der Waals surface area contributed by atoms with Gasteiger partial charge >= 0.3 is 0 Å². The Bertz CT molecular complexity index is 804. The molecule has 0 saturated carbocycles. The van der Waals surface area contributed by atoms with Gasteiger partial charge in [-0.2, -0.15) is 0 Å². The molecule has 0 unspecified atom stereocenters. The number of piperidine rings is 1. The number of benzene rings is 1. The number of fused-ring (bicyclic) bond motifs is 3. The zero-order valence-corrected chi connectivity index (χ0v) is 15.7. The second kappa shape index (κ2) is 5.31. The Morgan fingerprint density at radius 2 is 1.92 bits per heavy atom. The molecule has 25 heavy (non-hydrogen) atoms. The Morgan fingerprint density at radius 3 is 2.64 bits per heavy atom. The number of nitrogens with one attached hydrogen (secondary N) is 1. The van der Waals surface area contributed by atoms with Crippen LogP contribution in [0.1, 0.15) is 50.4 Å². The first-order valence-electron chi connectivity index (χ1n) is 9.81. The number of rotatable bonds is 1. The number of aromatic nitrogens is 1. The van der Waals surface area contributed by atoms with Gasteiger partial charge in [0.05, 0.1) is 5.69 Å². The summed E-state index contributed by atoms with van der Waals surface area (Å²) in [4.78, 5) is 2.73. The predicted octanol–water partition coefficient (Wildman–Crippen LogP) is 3.28. The van der Waals surface area contributed by atoms with Gasteiger partial charge in [-0.1, -0.05) is 32.0 Å². The third kappa shape index (κ3) is 2.45. The van der Waals surface area contributed by atoms with Crippen LogP contribution in [0.3, 0.4) is 0 Å². The van der Waals surface area contributed by atoms with Crippen molar-refractivity contribution < 1.29 is 4.52 Å². The minimum atomic E-state index is 0.0259. The molecule has 2 saturated heterocycles. The highest BCUT2D eigenvalue weighted by molar-refractivity contribution is 5.85. The van der Waals surface area contributed by atoms with Crippen LogP contribution in [0.4, 0.5) is 0 Å². The van der Waals surface area contributed by atoms with E-state index in [1.165, 1.54) is 68.4 Å². The number of likely N-dealkylation sites (tertiary alicyclic amines) is 1. The summed E-state index contributed by atoms with van der Waals surface area (Å²) in [6, 6.07) is 5.38. The van der Waals surface area contributed by atoms with Crippen molar-refractivity contribution in [3.8, 4) is 0 Å². The van der Waals surface area contributed by atoms with Gasteiger partial charge in [0.2, 0.25) is 0 Å². The maximum atomic E-state index is 5.85. The molecule has 0 amide bonds. The molecule has 1 aromatic carbocycles. The molecule has 1 spiro atoms. The second-order valence-electron chi connectivity index (χ2n) is 9.60. The summed E-state index contributed by atoms with van der Waals surface area (Å²) in [7, 11) is 0. The molecule has 0 radical (unpaired) electrons. The van der Waals surface area contributed by atoms with Crippen molar-refractivity contribution in [2.24, 2.45) is 5.41 Å². The average Bonchev–Trinajstić information content (AvgIpc) is 3.14. The van der Waals surface area contributed by atoms with Gasteiger partial charge in [-0.25, -0.2) is 0 Å². The van der Waals surface area contributed by atoms with Crippen molar-refractivity contribution in [2.75, 3.05) is 26.2 Å². The fourth-order valence-electron chi connectivity index (χ4n) is 5.31. The highest BCUT2D eigenvalue weighted by Gasteiger charge is 2.49. The molecule has 1 N–H and O–H groups in total. The van der Waals surface area contributed by atoms with Crippen LogP contribution >= 0.6 is 0 Å². The molecule has 4 nitrogen and oxygen atoms in total. The quantitative estimate of drug-likeness (QED) is 0.866. The maximum Gasteiger partial charge on any atom is 0.170 e. The normalized spacial score (nSPS) is 24.0. The monoisotopic (exact) mass is 339 g/mol. The topological polar surface area (TPSA) is 41.3 Å². The summed E-state index contributed by atoms with van der Waals surface area (Å²) in [6.07, 6.45) is 5.00. The predicted molar refractivity (Wildman–Crippen MR) is 100 cm³/mol. The Hall–Kier alpha value is -1.39. The summed E-state index contributed by atoms with van der Waals surface area (Å²) in [6.45, 7) is 11.5. The van der Waals surface area contributed by atoms with Crippen LogP contribution in [0.5, 0.6) is 0 Å². The molecule has 1 aromatic heterocycles. The molecule has 134 valence electrons.